The highest BCUT2D eigenvalue weighted by Crippen LogP contribution is 2.29. The zero-order valence-corrected chi connectivity index (χ0v) is 11.1. The van der Waals surface area contributed by atoms with E-state index in [1.807, 2.05) is 12.1 Å². The van der Waals surface area contributed by atoms with E-state index < -0.39 is 17.8 Å². The van der Waals surface area contributed by atoms with E-state index in [0.717, 1.165) is 17.8 Å². The minimum absolute atomic E-state index is 0.401. The van der Waals surface area contributed by atoms with Crippen molar-refractivity contribution in [2.75, 3.05) is 0 Å². The van der Waals surface area contributed by atoms with Gasteiger partial charge >= 0.3 is 6.18 Å². The molecule has 106 valence electrons. The maximum absolute atomic E-state index is 12.4. The fourth-order valence-corrected chi connectivity index (χ4v) is 2.01. The summed E-state index contributed by atoms with van der Waals surface area (Å²) in [6.07, 6.45) is -3.18. The Bertz CT molecular complexity index is 582. The van der Waals surface area contributed by atoms with Gasteiger partial charge in [0.1, 0.15) is 0 Å². The summed E-state index contributed by atoms with van der Waals surface area (Å²) >= 11 is 6.02. The van der Waals surface area contributed by atoms with Crippen LogP contribution >= 0.6 is 11.6 Å². The van der Waals surface area contributed by atoms with Gasteiger partial charge in [0.15, 0.2) is 0 Å². The topological polar surface area (TPSA) is 38.9 Å². The van der Waals surface area contributed by atoms with Gasteiger partial charge in [-0.25, -0.2) is 0 Å². The summed E-state index contributed by atoms with van der Waals surface area (Å²) in [6.45, 7) is 0. The second-order valence-corrected chi connectivity index (χ2v) is 4.78. The van der Waals surface area contributed by atoms with Crippen molar-refractivity contribution in [1.29, 1.82) is 0 Å². The number of halogens is 4. The number of hydrogen-bond donors (Lipinski definition) is 1. The number of pyridine rings is 1. The normalized spacial score (nSPS) is 13.2. The van der Waals surface area contributed by atoms with Crippen molar-refractivity contribution in [1.82, 2.24) is 4.98 Å². The van der Waals surface area contributed by atoms with Crippen LogP contribution in [0.15, 0.2) is 42.6 Å². The first-order chi connectivity index (χ1) is 9.38. The van der Waals surface area contributed by atoms with Gasteiger partial charge in [-0.15, -0.1) is 0 Å². The second kappa shape index (κ2) is 5.81. The fourth-order valence-electron chi connectivity index (χ4n) is 1.80. The molecule has 0 aliphatic carbocycles. The van der Waals surface area contributed by atoms with Crippen LogP contribution in [0.2, 0.25) is 5.02 Å². The molecule has 1 unspecified atom stereocenters. The largest absolute Gasteiger partial charge is 0.417 e. The van der Waals surface area contributed by atoms with Gasteiger partial charge in [0.25, 0.3) is 0 Å². The van der Waals surface area contributed by atoms with Crippen LogP contribution in [0, 0.1) is 0 Å². The van der Waals surface area contributed by atoms with E-state index in [1.165, 1.54) is 6.07 Å². The molecule has 0 amide bonds. The standard InChI is InChI=1S/C14H12ClF3N2/c15-11-4-2-1-3-9(11)7-12(19)13-6-5-10(8-20-13)14(16,17)18/h1-6,8,12H,7,19H2. The van der Waals surface area contributed by atoms with Crippen molar-refractivity contribution < 1.29 is 13.2 Å². The summed E-state index contributed by atoms with van der Waals surface area (Å²) in [7, 11) is 0. The monoisotopic (exact) mass is 300 g/mol. The van der Waals surface area contributed by atoms with Crippen LogP contribution in [-0.2, 0) is 12.6 Å². The first-order valence-corrected chi connectivity index (χ1v) is 6.28. The van der Waals surface area contributed by atoms with Crippen LogP contribution in [-0.4, -0.2) is 4.98 Å². The second-order valence-electron chi connectivity index (χ2n) is 4.37. The Morgan fingerprint density at radius 2 is 1.85 bits per heavy atom. The molecule has 0 saturated heterocycles. The van der Waals surface area contributed by atoms with E-state index in [4.69, 9.17) is 17.3 Å². The molecule has 0 spiro atoms. The lowest BCUT2D eigenvalue weighted by atomic mass is 10.0. The first kappa shape index (κ1) is 14.8. The smallest absolute Gasteiger partial charge is 0.322 e. The van der Waals surface area contributed by atoms with Crippen molar-refractivity contribution in [3.8, 4) is 0 Å². The third-order valence-electron chi connectivity index (χ3n) is 2.89. The Kier molecular flexibility index (Phi) is 4.30. The van der Waals surface area contributed by atoms with Gasteiger partial charge in [-0.1, -0.05) is 29.8 Å². The van der Waals surface area contributed by atoms with Crippen LogP contribution in [0.25, 0.3) is 0 Å². The van der Waals surface area contributed by atoms with Crippen LogP contribution in [0.5, 0.6) is 0 Å². The molecule has 1 atom stereocenters. The van der Waals surface area contributed by atoms with Crippen molar-refractivity contribution in [3.05, 3.63) is 64.4 Å². The SMILES string of the molecule is NC(Cc1ccccc1Cl)c1ccc(C(F)(F)F)cn1. The third-order valence-corrected chi connectivity index (χ3v) is 3.26. The number of aromatic nitrogens is 1. The molecule has 2 rings (SSSR count). The highest BCUT2D eigenvalue weighted by Gasteiger charge is 2.30. The predicted octanol–water partition coefficient (Wildman–Crippen LogP) is 4.00. The molecule has 20 heavy (non-hydrogen) atoms. The minimum Gasteiger partial charge on any atom is -0.322 e. The van der Waals surface area contributed by atoms with Gasteiger partial charge < -0.3 is 5.73 Å². The molecule has 2 nitrogen and oxygen atoms in total. The lowest BCUT2D eigenvalue weighted by molar-refractivity contribution is -0.137. The van der Waals surface area contributed by atoms with Gasteiger partial charge in [-0.2, -0.15) is 13.2 Å². The van der Waals surface area contributed by atoms with Gasteiger partial charge in [0, 0.05) is 11.2 Å². The maximum Gasteiger partial charge on any atom is 0.417 e. The molecule has 0 aliphatic heterocycles. The van der Waals surface area contributed by atoms with Gasteiger partial charge in [0.05, 0.1) is 17.3 Å². The Balaban J connectivity index is 2.14. The summed E-state index contributed by atoms with van der Waals surface area (Å²) in [5.41, 5.74) is 6.40. The third kappa shape index (κ3) is 3.49. The van der Waals surface area contributed by atoms with Crippen LogP contribution < -0.4 is 5.73 Å². The van der Waals surface area contributed by atoms with Crippen LogP contribution in [0.3, 0.4) is 0 Å². The molecule has 0 fully saturated rings. The van der Waals surface area contributed by atoms with E-state index in [1.54, 1.807) is 12.1 Å². The average Bonchev–Trinajstić information content (AvgIpc) is 2.40. The fraction of sp³-hybridized carbons (Fsp3) is 0.214. The van der Waals surface area contributed by atoms with E-state index in [-0.39, 0.29) is 0 Å². The van der Waals surface area contributed by atoms with Gasteiger partial charge in [-0.3, -0.25) is 4.98 Å². The Hall–Kier alpha value is -1.59. The summed E-state index contributed by atoms with van der Waals surface area (Å²) in [5.74, 6) is 0. The molecule has 0 bridgehead atoms. The van der Waals surface area contributed by atoms with E-state index in [9.17, 15) is 13.2 Å². The van der Waals surface area contributed by atoms with Crippen molar-refractivity contribution in [2.45, 2.75) is 18.6 Å². The summed E-state index contributed by atoms with van der Waals surface area (Å²) in [6, 6.07) is 8.97. The Labute approximate surface area is 119 Å². The molecule has 0 saturated carbocycles. The van der Waals surface area contributed by atoms with E-state index >= 15 is 0 Å². The molecule has 6 heteroatoms. The van der Waals surface area contributed by atoms with Crippen LogP contribution in [0.1, 0.15) is 22.9 Å². The first-order valence-electron chi connectivity index (χ1n) is 5.90. The summed E-state index contributed by atoms with van der Waals surface area (Å²) < 4.78 is 37.3. The predicted molar refractivity (Wildman–Crippen MR) is 71.3 cm³/mol. The number of alkyl halides is 3. The lowest BCUT2D eigenvalue weighted by Gasteiger charge is -2.13. The average molecular weight is 301 g/mol. The van der Waals surface area contributed by atoms with Crippen molar-refractivity contribution in [3.63, 3.8) is 0 Å². The Morgan fingerprint density at radius 3 is 2.40 bits per heavy atom. The molecular weight excluding hydrogens is 289 g/mol. The quantitative estimate of drug-likeness (QED) is 0.930. The molecule has 2 N–H and O–H groups in total. The molecule has 1 aromatic carbocycles. The zero-order valence-electron chi connectivity index (χ0n) is 10.4. The number of nitrogens with zero attached hydrogens (tertiary/aromatic N) is 1. The lowest BCUT2D eigenvalue weighted by Crippen LogP contribution is -2.16. The minimum atomic E-state index is -4.39. The summed E-state index contributed by atoms with van der Waals surface area (Å²) in [4.78, 5) is 3.78. The van der Waals surface area contributed by atoms with E-state index in [2.05, 4.69) is 4.98 Å². The zero-order chi connectivity index (χ0) is 14.8. The molecule has 0 aliphatic rings. The molecular formula is C14H12ClF3N2. The molecule has 1 aromatic heterocycles. The maximum atomic E-state index is 12.4. The highest BCUT2D eigenvalue weighted by atomic mass is 35.5. The molecule has 0 radical (unpaired) electrons. The van der Waals surface area contributed by atoms with Crippen LogP contribution in [0.4, 0.5) is 13.2 Å². The number of benzene rings is 1. The van der Waals surface area contributed by atoms with E-state index in [0.29, 0.717) is 17.1 Å². The highest BCUT2D eigenvalue weighted by molar-refractivity contribution is 6.31. The summed E-state index contributed by atoms with van der Waals surface area (Å²) in [5, 5.41) is 0.579. The molecule has 2 aromatic rings. The number of rotatable bonds is 3. The molecule has 1 heterocycles. The van der Waals surface area contributed by atoms with Crippen molar-refractivity contribution in [2.24, 2.45) is 5.73 Å². The number of nitrogens with two attached hydrogens (primary N) is 1. The number of hydrogen-bond acceptors (Lipinski definition) is 2. The van der Waals surface area contributed by atoms with Crippen molar-refractivity contribution >= 4 is 11.6 Å². The Morgan fingerprint density at radius 1 is 1.15 bits per heavy atom. The van der Waals surface area contributed by atoms with Gasteiger partial charge in [-0.05, 0) is 30.2 Å². The van der Waals surface area contributed by atoms with Gasteiger partial charge in [0.2, 0.25) is 0 Å².